The second-order valence-corrected chi connectivity index (χ2v) is 18.1. The molecule has 0 bridgehead atoms. The van der Waals surface area contributed by atoms with Crippen molar-refractivity contribution in [1.29, 1.82) is 0 Å². The Labute approximate surface area is 322 Å². The third-order valence-corrected chi connectivity index (χ3v) is 9.43. The number of hydrogen-bond acceptors (Lipinski definition) is 8. The lowest BCUT2D eigenvalue weighted by atomic mass is 9.90. The Balaban J connectivity index is -0.000000800. The lowest BCUT2D eigenvalue weighted by Gasteiger charge is -2.16. The number of carbonyl (C=O) groups excluding carboxylic acids is 4. The summed E-state index contributed by atoms with van der Waals surface area (Å²) in [6.45, 7) is 20.7. The Kier molecular flexibility index (Phi) is 34.2. The Bertz CT molecular complexity index is 1260. The molecule has 0 aromatic carbocycles. The molecule has 0 saturated carbocycles. The average Bonchev–Trinajstić information content (AvgIpc) is 3.03. The van der Waals surface area contributed by atoms with E-state index in [0.717, 1.165) is 37.8 Å². The highest BCUT2D eigenvalue weighted by atomic mass is 32.2. The summed E-state index contributed by atoms with van der Waals surface area (Å²) in [6.07, 6.45) is 16.1. The molecule has 12 nitrogen and oxygen atoms in total. The van der Waals surface area contributed by atoms with E-state index >= 15 is 0 Å². The molecule has 1 unspecified atom stereocenters. The number of nitrogens with one attached hydrogen (secondary N) is 2. The molecule has 4 N–H and O–H groups in total. The van der Waals surface area contributed by atoms with Crippen molar-refractivity contribution in [2.75, 3.05) is 24.6 Å². The first kappa shape index (κ1) is 54.9. The average molecular weight is 795 g/mol. The minimum absolute atomic E-state index is 0.0488. The van der Waals surface area contributed by atoms with Crippen LogP contribution in [0.15, 0.2) is 24.8 Å². The molecule has 1 atom stereocenters. The van der Waals surface area contributed by atoms with Crippen LogP contribution in [0.1, 0.15) is 145 Å². The lowest BCUT2D eigenvalue weighted by molar-refractivity contribution is -0.124. The van der Waals surface area contributed by atoms with Gasteiger partial charge >= 0.3 is 0 Å². The molecule has 0 aromatic rings. The molecular formula is C39H74N2O10S2. The van der Waals surface area contributed by atoms with E-state index in [4.69, 9.17) is 9.11 Å². The molecular weight excluding hydrogens is 721 g/mol. The van der Waals surface area contributed by atoms with Crippen LogP contribution in [0.25, 0.3) is 0 Å². The normalized spacial score (nSPS) is 12.3. The molecule has 0 rings (SSSR count). The SMILES string of the molecule is C=CCS(=O)(=O)O.CC(C)CCCCCCCNC(=O)C/C=C/CC(=O)C(C)C.CC(C)CCCNC(=O)CCC(CCS(=O)(=O)O)CC(=O)C(C)C. The van der Waals surface area contributed by atoms with Crippen LogP contribution >= 0.6 is 0 Å². The Morgan fingerprint density at radius 1 is 0.604 bits per heavy atom. The molecule has 2 amide bonds. The molecule has 0 radical (unpaired) electrons. The summed E-state index contributed by atoms with van der Waals surface area (Å²) in [4.78, 5) is 46.7. The highest BCUT2D eigenvalue weighted by molar-refractivity contribution is 7.86. The summed E-state index contributed by atoms with van der Waals surface area (Å²) < 4.78 is 58.1. The molecule has 0 spiro atoms. The zero-order valence-electron chi connectivity index (χ0n) is 34.0. The van der Waals surface area contributed by atoms with Gasteiger partial charge in [-0.15, -0.1) is 6.58 Å². The van der Waals surface area contributed by atoms with Gasteiger partial charge < -0.3 is 10.6 Å². The van der Waals surface area contributed by atoms with Crippen LogP contribution in [0, 0.1) is 29.6 Å². The largest absolute Gasteiger partial charge is 0.356 e. The molecule has 14 heteroatoms. The first-order valence-corrected chi connectivity index (χ1v) is 22.5. The Morgan fingerprint density at radius 3 is 1.58 bits per heavy atom. The van der Waals surface area contributed by atoms with Crippen LogP contribution < -0.4 is 10.6 Å². The lowest BCUT2D eigenvalue weighted by Crippen LogP contribution is -2.26. The van der Waals surface area contributed by atoms with Crippen LogP contribution in [-0.4, -0.2) is 73.9 Å². The maximum Gasteiger partial charge on any atom is 0.268 e. The van der Waals surface area contributed by atoms with Crippen LogP contribution in [-0.2, 0) is 39.4 Å². The van der Waals surface area contributed by atoms with Gasteiger partial charge in [-0.1, -0.05) is 106 Å². The molecule has 0 aliphatic carbocycles. The number of rotatable bonds is 28. The van der Waals surface area contributed by atoms with E-state index in [2.05, 4.69) is 44.9 Å². The van der Waals surface area contributed by atoms with Crippen molar-refractivity contribution in [3.05, 3.63) is 24.8 Å². The second kappa shape index (κ2) is 33.0. The topological polar surface area (TPSA) is 201 Å². The standard InChI is InChI=1S/C19H35NO2.C17H33NO5S.C3H6O3S/c1-16(2)12-8-6-5-7-11-15-20-19(22)14-10-9-13-18(21)17(3)4;1-13(2)6-5-10-18-17(20)8-7-15(9-11-24(21,22)23)12-16(19)14(3)4;1-2-3-7(4,5)6/h9-10,16-17H,5-8,11-15H2,1-4H3,(H,20,22);13-15H,5-12H2,1-4H3,(H,18,20)(H,21,22,23);2H,1,3H2,(H,4,5,6)/b10-9+;;. The van der Waals surface area contributed by atoms with E-state index in [1.807, 2.05) is 13.8 Å². The van der Waals surface area contributed by atoms with Crippen LogP contribution in [0.3, 0.4) is 0 Å². The molecule has 312 valence electrons. The summed E-state index contributed by atoms with van der Waals surface area (Å²) in [5.74, 6) is 0.649. The highest BCUT2D eigenvalue weighted by Crippen LogP contribution is 2.19. The van der Waals surface area contributed by atoms with Gasteiger partial charge in [0.25, 0.3) is 20.2 Å². The number of ketones is 2. The van der Waals surface area contributed by atoms with E-state index in [-0.39, 0.29) is 71.9 Å². The van der Waals surface area contributed by atoms with E-state index in [9.17, 15) is 36.0 Å². The van der Waals surface area contributed by atoms with Crippen LogP contribution in [0.5, 0.6) is 0 Å². The first-order chi connectivity index (χ1) is 24.5. The van der Waals surface area contributed by atoms with Crippen molar-refractivity contribution in [1.82, 2.24) is 10.6 Å². The zero-order chi connectivity index (χ0) is 41.5. The van der Waals surface area contributed by atoms with Gasteiger partial charge in [-0.3, -0.25) is 28.3 Å². The monoisotopic (exact) mass is 794 g/mol. The van der Waals surface area contributed by atoms with Gasteiger partial charge in [-0.25, -0.2) is 0 Å². The van der Waals surface area contributed by atoms with Crippen molar-refractivity contribution in [3.8, 4) is 0 Å². The number of hydrogen-bond donors (Lipinski definition) is 4. The summed E-state index contributed by atoms with van der Waals surface area (Å²) in [5.41, 5.74) is 0. The smallest absolute Gasteiger partial charge is 0.268 e. The first-order valence-electron chi connectivity index (χ1n) is 19.3. The van der Waals surface area contributed by atoms with Crippen molar-refractivity contribution in [2.24, 2.45) is 29.6 Å². The maximum atomic E-state index is 11.9. The van der Waals surface area contributed by atoms with E-state index in [0.29, 0.717) is 31.7 Å². The van der Waals surface area contributed by atoms with E-state index in [1.165, 1.54) is 32.1 Å². The fourth-order valence-corrected chi connectivity index (χ4v) is 5.56. The highest BCUT2D eigenvalue weighted by Gasteiger charge is 2.20. The van der Waals surface area contributed by atoms with Crippen LogP contribution in [0.4, 0.5) is 0 Å². The van der Waals surface area contributed by atoms with Gasteiger partial charge in [-0.2, -0.15) is 16.8 Å². The van der Waals surface area contributed by atoms with E-state index < -0.39 is 20.2 Å². The van der Waals surface area contributed by atoms with Crippen molar-refractivity contribution in [2.45, 2.75) is 145 Å². The molecule has 0 aliphatic rings. The number of carbonyl (C=O) groups is 4. The van der Waals surface area contributed by atoms with Gasteiger partial charge in [-0.05, 0) is 49.9 Å². The number of amides is 2. The molecule has 0 saturated heterocycles. The minimum atomic E-state index is -4.05. The Hall–Kier alpha value is -2.42. The van der Waals surface area contributed by atoms with Crippen LogP contribution in [0.2, 0.25) is 0 Å². The predicted molar refractivity (Wildman–Crippen MR) is 216 cm³/mol. The Morgan fingerprint density at radius 2 is 1.09 bits per heavy atom. The van der Waals surface area contributed by atoms with E-state index in [1.54, 1.807) is 26.0 Å². The summed E-state index contributed by atoms with van der Waals surface area (Å²) in [5, 5.41) is 5.78. The van der Waals surface area contributed by atoms with Gasteiger partial charge in [0.2, 0.25) is 11.8 Å². The fourth-order valence-electron chi connectivity index (χ4n) is 4.63. The van der Waals surface area contributed by atoms with Crippen molar-refractivity contribution in [3.63, 3.8) is 0 Å². The third-order valence-electron chi connectivity index (χ3n) is 8.02. The number of allylic oxidation sites excluding steroid dienone is 1. The van der Waals surface area contributed by atoms with Gasteiger partial charge in [0, 0.05) is 50.6 Å². The molecule has 0 aromatic heterocycles. The van der Waals surface area contributed by atoms with Gasteiger partial charge in [0.05, 0.1) is 11.5 Å². The zero-order valence-corrected chi connectivity index (χ0v) is 35.7. The molecule has 0 heterocycles. The summed E-state index contributed by atoms with van der Waals surface area (Å²) in [7, 11) is -7.84. The summed E-state index contributed by atoms with van der Waals surface area (Å²) in [6, 6.07) is 0. The number of Topliss-reactive ketones (excluding diaryl/α,β-unsaturated/α-hetero) is 2. The minimum Gasteiger partial charge on any atom is -0.356 e. The fraction of sp³-hybridized carbons (Fsp3) is 0.795. The van der Waals surface area contributed by atoms with Gasteiger partial charge in [0.1, 0.15) is 11.6 Å². The maximum absolute atomic E-state index is 11.9. The predicted octanol–water partition coefficient (Wildman–Crippen LogP) is 7.55. The molecule has 0 fully saturated rings. The number of unbranched alkanes of at least 4 members (excludes halogenated alkanes) is 4. The quantitative estimate of drug-likeness (QED) is 0.0348. The second-order valence-electron chi connectivity index (χ2n) is 15.0. The van der Waals surface area contributed by atoms with Crippen molar-refractivity contribution < 1.29 is 45.1 Å². The van der Waals surface area contributed by atoms with Gasteiger partial charge in [0.15, 0.2) is 0 Å². The van der Waals surface area contributed by atoms with Crippen molar-refractivity contribution >= 4 is 43.6 Å². The molecule has 53 heavy (non-hydrogen) atoms. The summed E-state index contributed by atoms with van der Waals surface area (Å²) >= 11 is 0. The molecule has 0 aliphatic heterocycles. The third kappa shape index (κ3) is 45.7.